The van der Waals surface area contributed by atoms with Gasteiger partial charge in [-0.1, -0.05) is 50.8 Å². The Kier molecular flexibility index (Phi) is 5.49. The first-order chi connectivity index (χ1) is 12.2. The van der Waals surface area contributed by atoms with E-state index in [0.717, 1.165) is 12.8 Å². The first kappa shape index (κ1) is 17.2. The van der Waals surface area contributed by atoms with Gasteiger partial charge in [0.1, 0.15) is 5.75 Å². The molecule has 0 atom stereocenters. The average molecular weight is 337 g/mol. The van der Waals surface area contributed by atoms with Gasteiger partial charge in [-0.3, -0.25) is 9.59 Å². The molecule has 0 spiro atoms. The Balaban J connectivity index is 1.66. The summed E-state index contributed by atoms with van der Waals surface area (Å²) in [6.45, 7) is 2.84. The number of amides is 2. The van der Waals surface area contributed by atoms with Crippen molar-refractivity contribution in [3.63, 3.8) is 0 Å². The summed E-state index contributed by atoms with van der Waals surface area (Å²) in [7, 11) is 0. The minimum atomic E-state index is -0.280. The molecule has 0 saturated carbocycles. The maximum absolute atomic E-state index is 12.5. The van der Waals surface area contributed by atoms with Crippen molar-refractivity contribution in [2.45, 2.75) is 39.0 Å². The van der Waals surface area contributed by atoms with Crippen LogP contribution in [-0.2, 0) is 0 Å². The molecule has 25 heavy (non-hydrogen) atoms. The van der Waals surface area contributed by atoms with E-state index in [1.165, 1.54) is 24.2 Å². The van der Waals surface area contributed by atoms with Crippen molar-refractivity contribution in [3.8, 4) is 5.75 Å². The number of anilines is 1. The predicted octanol–water partition coefficient (Wildman–Crippen LogP) is 4.84. The van der Waals surface area contributed by atoms with Crippen LogP contribution in [0.2, 0.25) is 0 Å². The molecule has 0 N–H and O–H groups in total. The molecule has 0 fully saturated rings. The molecule has 1 aliphatic heterocycles. The number of hydrogen-bond donors (Lipinski definition) is 0. The lowest BCUT2D eigenvalue weighted by atomic mass is 10.1. The maximum Gasteiger partial charge on any atom is 0.266 e. The quantitative estimate of drug-likeness (QED) is 0.512. The van der Waals surface area contributed by atoms with Crippen molar-refractivity contribution in [2.24, 2.45) is 0 Å². The summed E-state index contributed by atoms with van der Waals surface area (Å²) < 4.78 is 5.78. The van der Waals surface area contributed by atoms with E-state index in [-0.39, 0.29) is 11.8 Å². The maximum atomic E-state index is 12.5. The Bertz CT molecular complexity index is 734. The topological polar surface area (TPSA) is 46.6 Å². The Morgan fingerprint density at radius 2 is 1.52 bits per heavy atom. The lowest BCUT2D eigenvalue weighted by molar-refractivity contribution is 0.0926. The number of carbonyl (C=O) groups is 2. The number of nitrogens with zero attached hydrogens (tertiary/aromatic N) is 1. The largest absolute Gasteiger partial charge is 0.494 e. The minimum Gasteiger partial charge on any atom is -0.494 e. The van der Waals surface area contributed by atoms with Crippen LogP contribution in [0, 0.1) is 0 Å². The molecule has 0 aliphatic carbocycles. The molecule has 2 aromatic carbocycles. The fraction of sp³-hybridized carbons (Fsp3) is 0.333. The minimum absolute atomic E-state index is 0.280. The van der Waals surface area contributed by atoms with E-state index in [9.17, 15) is 9.59 Å². The van der Waals surface area contributed by atoms with Crippen LogP contribution in [0.4, 0.5) is 5.69 Å². The smallest absolute Gasteiger partial charge is 0.266 e. The molecule has 130 valence electrons. The van der Waals surface area contributed by atoms with Gasteiger partial charge >= 0.3 is 0 Å². The number of imide groups is 1. The molecule has 0 radical (unpaired) electrons. The first-order valence-corrected chi connectivity index (χ1v) is 8.93. The van der Waals surface area contributed by atoms with E-state index >= 15 is 0 Å². The van der Waals surface area contributed by atoms with Gasteiger partial charge in [0.15, 0.2) is 0 Å². The standard InChI is InChI=1S/C21H23NO3/c1-2-3-4-5-8-14-25-17-11-9-10-16(15-17)22-20(23)18-12-6-7-13-19(18)21(22)24/h6-7,9-13,15H,2-5,8,14H2,1H3. The molecule has 0 bridgehead atoms. The number of benzene rings is 2. The van der Waals surface area contributed by atoms with Crippen molar-refractivity contribution in [2.75, 3.05) is 11.5 Å². The fourth-order valence-corrected chi connectivity index (χ4v) is 3.03. The number of unbranched alkanes of at least 4 members (excludes halogenated alkanes) is 4. The number of carbonyl (C=O) groups excluding carboxylic acids is 2. The zero-order chi connectivity index (χ0) is 17.6. The normalized spacial score (nSPS) is 13.2. The van der Waals surface area contributed by atoms with Gasteiger partial charge in [0.05, 0.1) is 23.4 Å². The van der Waals surface area contributed by atoms with E-state index in [4.69, 9.17) is 4.74 Å². The zero-order valence-corrected chi connectivity index (χ0v) is 14.5. The molecule has 2 aromatic rings. The van der Waals surface area contributed by atoms with Crippen LogP contribution in [0.25, 0.3) is 0 Å². The Labute approximate surface area is 148 Å². The van der Waals surface area contributed by atoms with E-state index < -0.39 is 0 Å². The van der Waals surface area contributed by atoms with Crippen molar-refractivity contribution in [1.82, 2.24) is 0 Å². The van der Waals surface area contributed by atoms with Gasteiger partial charge in [0.2, 0.25) is 0 Å². The van der Waals surface area contributed by atoms with Crippen LogP contribution in [0.15, 0.2) is 48.5 Å². The number of ether oxygens (including phenoxy) is 1. The summed E-state index contributed by atoms with van der Waals surface area (Å²) in [5, 5.41) is 0. The van der Waals surface area contributed by atoms with Crippen LogP contribution in [-0.4, -0.2) is 18.4 Å². The molecule has 2 amide bonds. The molecular weight excluding hydrogens is 314 g/mol. The predicted molar refractivity (Wildman–Crippen MR) is 98.3 cm³/mol. The van der Waals surface area contributed by atoms with Crippen LogP contribution < -0.4 is 9.64 Å². The van der Waals surface area contributed by atoms with Crippen molar-refractivity contribution in [1.29, 1.82) is 0 Å². The lowest BCUT2D eigenvalue weighted by Crippen LogP contribution is -2.29. The third-order valence-corrected chi connectivity index (χ3v) is 4.39. The van der Waals surface area contributed by atoms with Gasteiger partial charge in [0.25, 0.3) is 11.8 Å². The zero-order valence-electron chi connectivity index (χ0n) is 14.5. The summed E-state index contributed by atoms with van der Waals surface area (Å²) >= 11 is 0. The molecule has 3 rings (SSSR count). The monoisotopic (exact) mass is 337 g/mol. The van der Waals surface area contributed by atoms with E-state index in [0.29, 0.717) is 29.2 Å². The molecule has 0 aromatic heterocycles. The van der Waals surface area contributed by atoms with Crippen molar-refractivity contribution >= 4 is 17.5 Å². The van der Waals surface area contributed by atoms with E-state index in [2.05, 4.69) is 6.92 Å². The second kappa shape index (κ2) is 7.97. The van der Waals surface area contributed by atoms with Crippen molar-refractivity contribution in [3.05, 3.63) is 59.7 Å². The third kappa shape index (κ3) is 3.73. The van der Waals surface area contributed by atoms with E-state index in [1.807, 2.05) is 12.1 Å². The average Bonchev–Trinajstić information content (AvgIpc) is 2.89. The van der Waals surface area contributed by atoms with Gasteiger partial charge in [0, 0.05) is 6.07 Å². The van der Waals surface area contributed by atoms with Crippen molar-refractivity contribution < 1.29 is 14.3 Å². The Morgan fingerprint density at radius 1 is 0.840 bits per heavy atom. The lowest BCUT2D eigenvalue weighted by Gasteiger charge is -2.15. The molecule has 1 heterocycles. The highest BCUT2D eigenvalue weighted by Crippen LogP contribution is 2.30. The second-order valence-electron chi connectivity index (χ2n) is 6.25. The van der Waals surface area contributed by atoms with Crippen LogP contribution >= 0.6 is 0 Å². The highest BCUT2D eigenvalue weighted by atomic mass is 16.5. The second-order valence-corrected chi connectivity index (χ2v) is 6.25. The summed E-state index contributed by atoms with van der Waals surface area (Å²) in [5.41, 5.74) is 1.46. The van der Waals surface area contributed by atoms with Gasteiger partial charge in [-0.15, -0.1) is 0 Å². The summed E-state index contributed by atoms with van der Waals surface area (Å²) in [6.07, 6.45) is 5.89. The summed E-state index contributed by atoms with van der Waals surface area (Å²) in [6, 6.07) is 14.1. The Hall–Kier alpha value is -2.62. The highest BCUT2D eigenvalue weighted by Gasteiger charge is 2.36. The first-order valence-electron chi connectivity index (χ1n) is 8.93. The number of rotatable bonds is 8. The molecule has 1 aliphatic rings. The molecule has 0 unspecified atom stereocenters. The molecule has 4 heteroatoms. The van der Waals surface area contributed by atoms with Crippen LogP contribution in [0.3, 0.4) is 0 Å². The van der Waals surface area contributed by atoms with Gasteiger partial charge in [-0.2, -0.15) is 0 Å². The van der Waals surface area contributed by atoms with Gasteiger partial charge < -0.3 is 4.74 Å². The SMILES string of the molecule is CCCCCCCOc1cccc(N2C(=O)c3ccccc3C2=O)c1. The summed E-state index contributed by atoms with van der Waals surface area (Å²) in [4.78, 5) is 26.3. The third-order valence-electron chi connectivity index (χ3n) is 4.39. The van der Waals surface area contributed by atoms with Gasteiger partial charge in [-0.25, -0.2) is 4.90 Å². The molecule has 4 nitrogen and oxygen atoms in total. The van der Waals surface area contributed by atoms with Crippen LogP contribution in [0.1, 0.15) is 59.7 Å². The fourth-order valence-electron chi connectivity index (χ4n) is 3.03. The van der Waals surface area contributed by atoms with Gasteiger partial charge in [-0.05, 0) is 30.7 Å². The number of fused-ring (bicyclic) bond motifs is 1. The Morgan fingerprint density at radius 3 is 2.20 bits per heavy atom. The molecule has 0 saturated heterocycles. The number of hydrogen-bond acceptors (Lipinski definition) is 3. The summed E-state index contributed by atoms with van der Waals surface area (Å²) in [5.74, 6) is 0.124. The van der Waals surface area contributed by atoms with Crippen LogP contribution in [0.5, 0.6) is 5.75 Å². The molecular formula is C21H23NO3. The highest BCUT2D eigenvalue weighted by molar-refractivity contribution is 6.34. The van der Waals surface area contributed by atoms with E-state index in [1.54, 1.807) is 36.4 Å².